The number of nitrogens with zero attached hydrogens (tertiary/aromatic N) is 2. The van der Waals surface area contributed by atoms with E-state index in [1.165, 1.54) is 0 Å². The van der Waals surface area contributed by atoms with Crippen LogP contribution in [0.1, 0.15) is 0 Å². The van der Waals surface area contributed by atoms with Crippen molar-refractivity contribution in [3.63, 3.8) is 0 Å². The molecule has 2 aromatic heterocycles. The van der Waals surface area contributed by atoms with Crippen LogP contribution in [0, 0.1) is 0 Å². The molecule has 0 saturated heterocycles. The normalized spacial score (nSPS) is 10.9. The fraction of sp³-hybridized carbons (Fsp3) is 0. The molecule has 3 rings (SSSR count). The highest BCUT2D eigenvalue weighted by Gasteiger charge is 2.04. The van der Waals surface area contributed by atoms with Gasteiger partial charge in [-0.3, -0.25) is 4.98 Å². The predicted molar refractivity (Wildman–Crippen MR) is 72.3 cm³/mol. The Labute approximate surface area is 107 Å². The highest BCUT2D eigenvalue weighted by molar-refractivity contribution is 7.19. The van der Waals surface area contributed by atoms with Crippen LogP contribution in [0.3, 0.4) is 0 Å². The molecule has 0 bridgehead atoms. The van der Waals surface area contributed by atoms with Crippen molar-refractivity contribution in [3.05, 3.63) is 40.9 Å². The first-order chi connectivity index (χ1) is 8.22. The number of benzene rings is 1. The SMILES string of the molecule is Nc1cnc2cc(-c3ccc(Cl)s3)ccc2n1. The predicted octanol–water partition coefficient (Wildman–Crippen LogP) is 3.59. The Morgan fingerprint density at radius 3 is 2.76 bits per heavy atom. The number of nitrogens with two attached hydrogens (primary N) is 1. The Kier molecular flexibility index (Phi) is 2.46. The highest BCUT2D eigenvalue weighted by Crippen LogP contribution is 2.32. The van der Waals surface area contributed by atoms with E-state index in [0.29, 0.717) is 5.82 Å². The van der Waals surface area contributed by atoms with Gasteiger partial charge in [-0.25, -0.2) is 4.98 Å². The smallest absolute Gasteiger partial charge is 0.142 e. The minimum Gasteiger partial charge on any atom is -0.382 e. The first-order valence-electron chi connectivity index (χ1n) is 5.00. The van der Waals surface area contributed by atoms with Crippen LogP contribution in [0.25, 0.3) is 21.5 Å². The zero-order valence-corrected chi connectivity index (χ0v) is 10.3. The number of nitrogen functional groups attached to an aromatic ring is 1. The van der Waals surface area contributed by atoms with Crippen LogP contribution in [0.5, 0.6) is 0 Å². The number of thiophene rings is 1. The Morgan fingerprint density at radius 2 is 2.00 bits per heavy atom. The second-order valence-electron chi connectivity index (χ2n) is 3.60. The van der Waals surface area contributed by atoms with Crippen LogP contribution in [0.15, 0.2) is 36.5 Å². The zero-order chi connectivity index (χ0) is 11.8. The first kappa shape index (κ1) is 10.5. The lowest BCUT2D eigenvalue weighted by atomic mass is 10.1. The summed E-state index contributed by atoms with van der Waals surface area (Å²) in [6.07, 6.45) is 1.56. The molecular formula is C12H8ClN3S. The molecule has 0 unspecified atom stereocenters. The van der Waals surface area contributed by atoms with Crippen molar-refractivity contribution in [1.29, 1.82) is 0 Å². The van der Waals surface area contributed by atoms with Crippen molar-refractivity contribution in [3.8, 4) is 10.4 Å². The second kappa shape index (κ2) is 3.98. The van der Waals surface area contributed by atoms with E-state index >= 15 is 0 Å². The quantitative estimate of drug-likeness (QED) is 0.728. The van der Waals surface area contributed by atoms with Crippen molar-refractivity contribution >= 4 is 39.8 Å². The fourth-order valence-corrected chi connectivity index (χ4v) is 2.69. The van der Waals surface area contributed by atoms with Gasteiger partial charge in [-0.05, 0) is 29.8 Å². The number of hydrogen-bond donors (Lipinski definition) is 1. The standard InChI is InChI=1S/C12H8ClN3S/c13-11-4-3-10(17-11)7-1-2-8-9(5-7)15-6-12(14)16-8/h1-6H,(H2,14,16). The molecule has 2 heterocycles. The molecule has 0 radical (unpaired) electrons. The van der Waals surface area contributed by atoms with E-state index in [9.17, 15) is 0 Å². The Morgan fingerprint density at radius 1 is 1.12 bits per heavy atom. The molecule has 0 atom stereocenters. The molecular weight excluding hydrogens is 254 g/mol. The number of anilines is 1. The molecule has 3 nitrogen and oxygen atoms in total. The molecule has 0 aliphatic carbocycles. The third-order valence-corrected chi connectivity index (χ3v) is 3.70. The number of fused-ring (bicyclic) bond motifs is 1. The van der Waals surface area contributed by atoms with Crippen molar-refractivity contribution in [2.45, 2.75) is 0 Å². The maximum atomic E-state index is 5.92. The van der Waals surface area contributed by atoms with Gasteiger partial charge in [0.15, 0.2) is 0 Å². The van der Waals surface area contributed by atoms with E-state index in [1.807, 2.05) is 30.3 Å². The van der Waals surface area contributed by atoms with Gasteiger partial charge in [0.25, 0.3) is 0 Å². The van der Waals surface area contributed by atoms with Crippen molar-refractivity contribution in [2.75, 3.05) is 5.73 Å². The molecule has 3 aromatic rings. The number of aromatic nitrogens is 2. The number of rotatable bonds is 1. The number of hydrogen-bond acceptors (Lipinski definition) is 4. The highest BCUT2D eigenvalue weighted by atomic mass is 35.5. The van der Waals surface area contributed by atoms with Crippen molar-refractivity contribution in [1.82, 2.24) is 9.97 Å². The van der Waals surface area contributed by atoms with Crippen LogP contribution in [0.4, 0.5) is 5.82 Å². The van der Waals surface area contributed by atoms with Crippen LogP contribution in [-0.2, 0) is 0 Å². The molecule has 0 saturated carbocycles. The van der Waals surface area contributed by atoms with Gasteiger partial charge in [-0.15, -0.1) is 11.3 Å². The summed E-state index contributed by atoms with van der Waals surface area (Å²) in [7, 11) is 0. The topological polar surface area (TPSA) is 51.8 Å². The van der Waals surface area contributed by atoms with Gasteiger partial charge in [0.2, 0.25) is 0 Å². The summed E-state index contributed by atoms with van der Waals surface area (Å²) in [5.74, 6) is 0.435. The van der Waals surface area contributed by atoms with E-state index in [2.05, 4.69) is 9.97 Å². The molecule has 5 heteroatoms. The summed E-state index contributed by atoms with van der Waals surface area (Å²) in [4.78, 5) is 9.59. The lowest BCUT2D eigenvalue weighted by Gasteiger charge is -2.01. The van der Waals surface area contributed by atoms with Gasteiger partial charge in [-0.2, -0.15) is 0 Å². The minimum atomic E-state index is 0.435. The van der Waals surface area contributed by atoms with Gasteiger partial charge in [0.1, 0.15) is 5.82 Å². The fourth-order valence-electron chi connectivity index (χ4n) is 1.65. The third kappa shape index (κ3) is 1.97. The van der Waals surface area contributed by atoms with Crippen molar-refractivity contribution < 1.29 is 0 Å². The van der Waals surface area contributed by atoms with Crippen LogP contribution >= 0.6 is 22.9 Å². The average molecular weight is 262 g/mol. The summed E-state index contributed by atoms with van der Waals surface area (Å²) in [6.45, 7) is 0. The molecule has 2 N–H and O–H groups in total. The van der Waals surface area contributed by atoms with Gasteiger partial charge in [-0.1, -0.05) is 17.7 Å². The summed E-state index contributed by atoms with van der Waals surface area (Å²) in [5, 5.41) is 0. The van der Waals surface area contributed by atoms with Gasteiger partial charge in [0, 0.05) is 4.88 Å². The summed E-state index contributed by atoms with van der Waals surface area (Å²) < 4.78 is 0.781. The van der Waals surface area contributed by atoms with Gasteiger partial charge < -0.3 is 5.73 Å². The first-order valence-corrected chi connectivity index (χ1v) is 6.20. The molecule has 17 heavy (non-hydrogen) atoms. The lowest BCUT2D eigenvalue weighted by Crippen LogP contribution is -1.92. The Bertz CT molecular complexity index is 693. The van der Waals surface area contributed by atoms with Crippen LogP contribution < -0.4 is 5.73 Å². The summed E-state index contributed by atoms with van der Waals surface area (Å²) in [6, 6.07) is 9.80. The third-order valence-electron chi connectivity index (χ3n) is 2.42. The number of halogens is 1. The Balaban J connectivity index is 2.16. The van der Waals surface area contributed by atoms with E-state index in [-0.39, 0.29) is 0 Å². The molecule has 1 aromatic carbocycles. The van der Waals surface area contributed by atoms with Crippen LogP contribution in [-0.4, -0.2) is 9.97 Å². The maximum absolute atomic E-state index is 5.92. The molecule has 0 aliphatic heterocycles. The molecule has 0 aliphatic rings. The largest absolute Gasteiger partial charge is 0.382 e. The monoisotopic (exact) mass is 261 g/mol. The molecule has 0 spiro atoms. The molecule has 0 fully saturated rings. The summed E-state index contributed by atoms with van der Waals surface area (Å²) >= 11 is 7.47. The lowest BCUT2D eigenvalue weighted by molar-refractivity contribution is 1.30. The second-order valence-corrected chi connectivity index (χ2v) is 5.32. The van der Waals surface area contributed by atoms with E-state index in [0.717, 1.165) is 25.8 Å². The van der Waals surface area contributed by atoms with Gasteiger partial charge >= 0.3 is 0 Å². The average Bonchev–Trinajstić information content (AvgIpc) is 2.75. The zero-order valence-electron chi connectivity index (χ0n) is 8.72. The van der Waals surface area contributed by atoms with E-state index in [4.69, 9.17) is 17.3 Å². The van der Waals surface area contributed by atoms with Crippen molar-refractivity contribution in [2.24, 2.45) is 0 Å². The van der Waals surface area contributed by atoms with E-state index < -0.39 is 0 Å². The summed E-state index contributed by atoms with van der Waals surface area (Å²) in [5.41, 5.74) is 8.32. The molecule has 0 amide bonds. The maximum Gasteiger partial charge on any atom is 0.142 e. The molecule has 84 valence electrons. The minimum absolute atomic E-state index is 0.435. The van der Waals surface area contributed by atoms with Gasteiger partial charge in [0.05, 0.1) is 21.6 Å². The Hall–Kier alpha value is -1.65. The van der Waals surface area contributed by atoms with Crippen LogP contribution in [0.2, 0.25) is 4.34 Å². The van der Waals surface area contributed by atoms with E-state index in [1.54, 1.807) is 17.5 Å².